The lowest BCUT2D eigenvalue weighted by molar-refractivity contribution is -0.127. The molecule has 3 aromatic rings. The lowest BCUT2D eigenvalue weighted by Crippen LogP contribution is -2.50. The van der Waals surface area contributed by atoms with Gasteiger partial charge in [0.2, 0.25) is 0 Å². The number of amides is 1. The van der Waals surface area contributed by atoms with Crippen molar-refractivity contribution in [3.63, 3.8) is 0 Å². The molecule has 0 spiro atoms. The van der Waals surface area contributed by atoms with Crippen LogP contribution in [0.25, 0.3) is 0 Å². The van der Waals surface area contributed by atoms with Crippen LogP contribution in [0.3, 0.4) is 0 Å². The number of benzene rings is 3. The zero-order chi connectivity index (χ0) is 22.6. The molecule has 0 saturated heterocycles. The number of aryl methyl sites for hydroxylation is 2. The lowest BCUT2D eigenvalue weighted by Gasteiger charge is -2.34. The van der Waals surface area contributed by atoms with Gasteiger partial charge in [-0.25, -0.2) is 8.42 Å². The van der Waals surface area contributed by atoms with Gasteiger partial charge >= 0.3 is 0 Å². The molecular weight excluding hydrogens is 424 g/mol. The number of hydrogen-bond acceptors (Lipinski definition) is 4. The summed E-state index contributed by atoms with van der Waals surface area (Å²) in [4.78, 5) is 13.0. The topological polar surface area (TPSA) is 75.7 Å². The average Bonchev–Trinajstić information content (AvgIpc) is 2.82. The molecule has 1 aliphatic heterocycles. The Balaban J connectivity index is 1.45. The fourth-order valence-electron chi connectivity index (χ4n) is 3.66. The minimum atomic E-state index is -3.83. The van der Waals surface area contributed by atoms with Crippen LogP contribution in [0.15, 0.2) is 83.8 Å². The number of ether oxygens (including phenoxy) is 1. The van der Waals surface area contributed by atoms with Crippen LogP contribution in [0.4, 0.5) is 5.69 Å². The third kappa shape index (κ3) is 4.78. The van der Waals surface area contributed by atoms with Gasteiger partial charge in [0.25, 0.3) is 15.9 Å². The van der Waals surface area contributed by atoms with Crippen LogP contribution in [0.5, 0.6) is 5.75 Å². The van der Waals surface area contributed by atoms with Crippen molar-refractivity contribution in [3.05, 3.63) is 90.0 Å². The first-order valence-corrected chi connectivity index (χ1v) is 12.1. The zero-order valence-electron chi connectivity index (χ0n) is 17.9. The van der Waals surface area contributed by atoms with Crippen LogP contribution in [-0.2, 0) is 21.2 Å². The Labute approximate surface area is 188 Å². The predicted molar refractivity (Wildman–Crippen MR) is 124 cm³/mol. The van der Waals surface area contributed by atoms with E-state index in [4.69, 9.17) is 4.74 Å². The molecule has 32 heavy (non-hydrogen) atoms. The number of fused-ring (bicyclic) bond motifs is 1. The summed E-state index contributed by atoms with van der Waals surface area (Å²) in [5.74, 6) is 0.0507. The molecule has 0 bridgehead atoms. The van der Waals surface area contributed by atoms with Crippen molar-refractivity contribution in [2.75, 3.05) is 17.4 Å². The number of hydrogen-bond donors (Lipinski definition) is 1. The number of rotatable bonds is 7. The normalized spacial score (nSPS) is 15.5. The maximum atomic E-state index is 13.3. The molecule has 4 rings (SSSR count). The quantitative estimate of drug-likeness (QED) is 0.557. The van der Waals surface area contributed by atoms with Crippen molar-refractivity contribution in [1.82, 2.24) is 5.32 Å². The molecule has 1 aliphatic rings. The number of carbonyl (C=O) groups excluding carboxylic acids is 1. The number of sulfonamides is 1. The van der Waals surface area contributed by atoms with Crippen molar-refractivity contribution in [2.45, 2.75) is 30.8 Å². The van der Waals surface area contributed by atoms with Gasteiger partial charge < -0.3 is 10.1 Å². The minimum Gasteiger partial charge on any atom is -0.476 e. The van der Waals surface area contributed by atoms with Crippen LogP contribution >= 0.6 is 0 Å². The van der Waals surface area contributed by atoms with E-state index in [-0.39, 0.29) is 17.3 Å². The Morgan fingerprint density at radius 3 is 2.44 bits per heavy atom. The van der Waals surface area contributed by atoms with E-state index in [9.17, 15) is 13.2 Å². The summed E-state index contributed by atoms with van der Waals surface area (Å²) < 4.78 is 33.7. The number of nitrogens with zero attached hydrogens (tertiary/aromatic N) is 1. The van der Waals surface area contributed by atoms with Crippen LogP contribution in [0.2, 0.25) is 0 Å². The van der Waals surface area contributed by atoms with Crippen molar-refractivity contribution < 1.29 is 17.9 Å². The van der Waals surface area contributed by atoms with Gasteiger partial charge in [-0.1, -0.05) is 60.2 Å². The third-order valence-corrected chi connectivity index (χ3v) is 7.21. The van der Waals surface area contributed by atoms with E-state index in [1.165, 1.54) is 15.4 Å². The van der Waals surface area contributed by atoms with Gasteiger partial charge in [0.1, 0.15) is 5.75 Å². The number of carbonyl (C=O) groups is 1. The first kappa shape index (κ1) is 21.9. The van der Waals surface area contributed by atoms with Gasteiger partial charge in [0, 0.05) is 6.54 Å². The molecule has 0 unspecified atom stereocenters. The number of para-hydroxylation sites is 2. The maximum Gasteiger partial charge on any atom is 0.264 e. The molecule has 0 aromatic heterocycles. The fraction of sp³-hybridized carbons (Fsp3) is 0.240. The molecule has 7 heteroatoms. The van der Waals surface area contributed by atoms with Gasteiger partial charge in [-0.15, -0.1) is 0 Å². The smallest absolute Gasteiger partial charge is 0.264 e. The summed E-state index contributed by atoms with van der Waals surface area (Å²) in [6.45, 7) is 2.45. The van der Waals surface area contributed by atoms with E-state index < -0.39 is 16.1 Å². The average molecular weight is 451 g/mol. The summed E-state index contributed by atoms with van der Waals surface area (Å²) in [5, 5.41) is 2.89. The SMILES string of the molecule is Cc1ccc(CCCNC(=O)[C@@H]2CN(S(=O)(=O)c3ccccc3)c3ccccc3O2)cc1. The van der Waals surface area contributed by atoms with E-state index in [0.717, 1.165) is 12.8 Å². The Hall–Kier alpha value is -3.32. The van der Waals surface area contributed by atoms with Gasteiger partial charge in [0.15, 0.2) is 6.10 Å². The van der Waals surface area contributed by atoms with E-state index in [2.05, 4.69) is 29.6 Å². The fourth-order valence-corrected chi connectivity index (χ4v) is 5.16. The standard InChI is InChI=1S/C25H26N2O4S/c1-19-13-15-20(16-14-19)8-7-17-26-25(28)24-18-27(22-11-5-6-12-23(22)31-24)32(29,30)21-9-3-2-4-10-21/h2-6,9-16,24H,7-8,17-18H2,1H3,(H,26,28)/t24-/m0/s1. The summed E-state index contributed by atoms with van der Waals surface area (Å²) in [6.07, 6.45) is 0.705. The highest BCUT2D eigenvalue weighted by molar-refractivity contribution is 7.92. The molecule has 3 aromatic carbocycles. The van der Waals surface area contributed by atoms with Gasteiger partial charge in [-0.2, -0.15) is 0 Å². The summed E-state index contributed by atoms with van der Waals surface area (Å²) in [6, 6.07) is 23.4. The third-order valence-electron chi connectivity index (χ3n) is 5.42. The number of anilines is 1. The van der Waals surface area contributed by atoms with Gasteiger partial charge in [0.05, 0.1) is 17.1 Å². The molecule has 1 heterocycles. The first-order valence-electron chi connectivity index (χ1n) is 10.6. The second-order valence-corrected chi connectivity index (χ2v) is 9.67. The first-order chi connectivity index (χ1) is 15.4. The number of nitrogens with one attached hydrogen (secondary N) is 1. The second kappa shape index (κ2) is 9.44. The Kier molecular flexibility index (Phi) is 6.46. The van der Waals surface area contributed by atoms with Crippen molar-refractivity contribution >= 4 is 21.6 Å². The molecule has 0 aliphatic carbocycles. The van der Waals surface area contributed by atoms with E-state index in [1.807, 2.05) is 6.92 Å². The van der Waals surface area contributed by atoms with Crippen LogP contribution in [-0.4, -0.2) is 33.5 Å². The molecule has 6 nitrogen and oxygen atoms in total. The molecule has 0 saturated carbocycles. The van der Waals surface area contributed by atoms with Crippen LogP contribution in [0.1, 0.15) is 17.5 Å². The largest absolute Gasteiger partial charge is 0.476 e. The summed E-state index contributed by atoms with van der Waals surface area (Å²) in [7, 11) is -3.83. The van der Waals surface area contributed by atoms with Crippen molar-refractivity contribution in [1.29, 1.82) is 0 Å². The van der Waals surface area contributed by atoms with E-state index in [1.54, 1.807) is 54.6 Å². The van der Waals surface area contributed by atoms with E-state index in [0.29, 0.717) is 18.0 Å². The van der Waals surface area contributed by atoms with Gasteiger partial charge in [-0.05, 0) is 49.6 Å². The van der Waals surface area contributed by atoms with Gasteiger partial charge in [-0.3, -0.25) is 9.10 Å². The summed E-state index contributed by atoms with van der Waals surface area (Å²) >= 11 is 0. The highest BCUT2D eigenvalue weighted by atomic mass is 32.2. The lowest BCUT2D eigenvalue weighted by atomic mass is 10.1. The second-order valence-electron chi connectivity index (χ2n) is 7.80. The molecule has 1 amide bonds. The molecule has 0 fully saturated rings. The Bertz CT molecular complexity index is 1180. The maximum absolute atomic E-state index is 13.3. The minimum absolute atomic E-state index is 0.0853. The van der Waals surface area contributed by atoms with Crippen LogP contribution < -0.4 is 14.4 Å². The summed E-state index contributed by atoms with van der Waals surface area (Å²) in [5.41, 5.74) is 2.86. The predicted octanol–water partition coefficient (Wildman–Crippen LogP) is 3.70. The molecule has 1 atom stereocenters. The van der Waals surface area contributed by atoms with E-state index >= 15 is 0 Å². The molecule has 0 radical (unpaired) electrons. The molecule has 1 N–H and O–H groups in total. The Morgan fingerprint density at radius 1 is 1.00 bits per heavy atom. The van der Waals surface area contributed by atoms with Crippen molar-refractivity contribution in [2.24, 2.45) is 0 Å². The monoisotopic (exact) mass is 450 g/mol. The zero-order valence-corrected chi connectivity index (χ0v) is 18.7. The highest BCUT2D eigenvalue weighted by Crippen LogP contribution is 2.36. The highest BCUT2D eigenvalue weighted by Gasteiger charge is 2.37. The van der Waals surface area contributed by atoms with Crippen molar-refractivity contribution in [3.8, 4) is 5.75 Å². The Morgan fingerprint density at radius 2 is 1.69 bits per heavy atom. The molecule has 166 valence electrons. The molecular formula is C25H26N2O4S. The van der Waals surface area contributed by atoms with Crippen LogP contribution in [0, 0.1) is 6.92 Å².